The summed E-state index contributed by atoms with van der Waals surface area (Å²) < 4.78 is 11.7. The van der Waals surface area contributed by atoms with Crippen LogP contribution in [-0.4, -0.2) is 74.1 Å². The topological polar surface area (TPSA) is 76.2 Å². The minimum Gasteiger partial charge on any atom is -0.465 e. The van der Waals surface area contributed by atoms with Crippen molar-refractivity contribution in [1.29, 1.82) is 0 Å². The maximum absolute atomic E-state index is 12.6. The predicted octanol–water partition coefficient (Wildman–Crippen LogP) is 16.0. The van der Waals surface area contributed by atoms with Crippen LogP contribution in [0.1, 0.15) is 279 Å². The number of amides is 1. The van der Waals surface area contributed by atoms with Gasteiger partial charge in [-0.25, -0.2) is 0 Å². The molecule has 0 aliphatic rings. The van der Waals surface area contributed by atoms with Crippen LogP contribution >= 0.6 is 0 Å². The van der Waals surface area contributed by atoms with E-state index in [1.807, 2.05) is 11.9 Å². The van der Waals surface area contributed by atoms with Crippen LogP contribution in [0.5, 0.6) is 0 Å². The van der Waals surface area contributed by atoms with Crippen LogP contribution in [-0.2, 0) is 23.9 Å². The second-order valence-electron chi connectivity index (χ2n) is 19.4. The molecular formula is C55H108N2O5. The van der Waals surface area contributed by atoms with E-state index in [1.165, 1.54) is 193 Å². The molecule has 0 radical (unpaired) electrons. The number of esters is 2. The van der Waals surface area contributed by atoms with Crippen molar-refractivity contribution in [2.75, 3.05) is 46.4 Å². The van der Waals surface area contributed by atoms with Gasteiger partial charge in [-0.1, -0.05) is 195 Å². The molecule has 0 aromatic carbocycles. The van der Waals surface area contributed by atoms with Gasteiger partial charge in [0.2, 0.25) is 5.91 Å². The summed E-state index contributed by atoms with van der Waals surface area (Å²) in [4.78, 5) is 41.4. The zero-order valence-corrected chi connectivity index (χ0v) is 42.7. The van der Waals surface area contributed by atoms with Gasteiger partial charge < -0.3 is 19.3 Å². The largest absolute Gasteiger partial charge is 0.465 e. The van der Waals surface area contributed by atoms with E-state index >= 15 is 0 Å². The Labute approximate surface area is 387 Å². The molecule has 2 unspecified atom stereocenters. The number of rotatable bonds is 49. The third-order valence-corrected chi connectivity index (χ3v) is 13.3. The summed E-state index contributed by atoms with van der Waals surface area (Å²) in [6.07, 6.45) is 45.4. The van der Waals surface area contributed by atoms with Crippen molar-refractivity contribution in [3.63, 3.8) is 0 Å². The van der Waals surface area contributed by atoms with E-state index in [0.717, 1.165) is 64.7 Å². The molecule has 0 heterocycles. The molecule has 0 saturated heterocycles. The molecule has 368 valence electrons. The highest BCUT2D eigenvalue weighted by Crippen LogP contribution is 2.22. The molecule has 0 fully saturated rings. The normalized spacial score (nSPS) is 12.5. The minimum atomic E-state index is 0.00347. The van der Waals surface area contributed by atoms with Crippen molar-refractivity contribution < 1.29 is 23.9 Å². The fourth-order valence-electron chi connectivity index (χ4n) is 8.78. The highest BCUT2D eigenvalue weighted by Gasteiger charge is 2.14. The molecule has 0 aromatic rings. The van der Waals surface area contributed by atoms with Crippen molar-refractivity contribution in [1.82, 2.24) is 9.80 Å². The van der Waals surface area contributed by atoms with Gasteiger partial charge in [-0.15, -0.1) is 0 Å². The van der Waals surface area contributed by atoms with E-state index in [9.17, 15) is 14.4 Å². The molecule has 0 saturated carbocycles. The standard InChI is InChI=1S/C55H108N2O5/c1-7-11-15-19-23-31-41-52(39-29-17-13-9-3)49-61-54(59)43-33-25-21-27-35-46-57(48-38-37-45-56(6)51(5)58)47-36-28-22-26-34-44-55(60)62-50-53(40-30-18-14-10-4)42-32-24-20-16-12-8-2/h52-53H,7-50H2,1-6H3. The predicted molar refractivity (Wildman–Crippen MR) is 267 cm³/mol. The van der Waals surface area contributed by atoms with Crippen molar-refractivity contribution in [2.45, 2.75) is 279 Å². The van der Waals surface area contributed by atoms with Crippen LogP contribution in [0, 0.1) is 11.8 Å². The summed E-state index contributed by atoms with van der Waals surface area (Å²) in [6.45, 7) is 16.1. The zero-order valence-electron chi connectivity index (χ0n) is 42.7. The molecule has 0 aromatic heterocycles. The lowest BCUT2D eigenvalue weighted by molar-refractivity contribution is -0.146. The molecule has 0 aliphatic carbocycles. The maximum Gasteiger partial charge on any atom is 0.305 e. The average Bonchev–Trinajstić information content (AvgIpc) is 3.26. The second kappa shape index (κ2) is 47.3. The Balaban J connectivity index is 4.47. The first-order valence-electron chi connectivity index (χ1n) is 27.5. The van der Waals surface area contributed by atoms with Crippen LogP contribution in [0.15, 0.2) is 0 Å². The molecule has 7 heteroatoms. The molecule has 2 atom stereocenters. The van der Waals surface area contributed by atoms with Crippen LogP contribution in [0.4, 0.5) is 0 Å². The van der Waals surface area contributed by atoms with Crippen molar-refractivity contribution in [3.05, 3.63) is 0 Å². The molecule has 1 amide bonds. The van der Waals surface area contributed by atoms with Crippen LogP contribution in [0.2, 0.25) is 0 Å². The number of ether oxygens (including phenoxy) is 2. The third-order valence-electron chi connectivity index (χ3n) is 13.3. The average molecular weight is 877 g/mol. The van der Waals surface area contributed by atoms with Gasteiger partial charge in [-0.2, -0.15) is 0 Å². The Kier molecular flexibility index (Phi) is 46.1. The Hall–Kier alpha value is -1.63. The summed E-state index contributed by atoms with van der Waals surface area (Å²) in [5, 5.41) is 0. The lowest BCUT2D eigenvalue weighted by Crippen LogP contribution is -2.29. The molecule has 0 rings (SSSR count). The molecule has 0 aliphatic heterocycles. The summed E-state index contributed by atoms with van der Waals surface area (Å²) >= 11 is 0. The van der Waals surface area contributed by atoms with Gasteiger partial charge in [-0.05, 0) is 95.7 Å². The van der Waals surface area contributed by atoms with Crippen molar-refractivity contribution >= 4 is 17.8 Å². The Morgan fingerprint density at radius 1 is 0.371 bits per heavy atom. The van der Waals surface area contributed by atoms with E-state index in [1.54, 1.807) is 6.92 Å². The number of nitrogens with zero attached hydrogens (tertiary/aromatic N) is 2. The fraction of sp³-hybridized carbons (Fsp3) is 0.945. The number of unbranched alkanes of at least 4 members (excludes halogenated alkanes) is 25. The van der Waals surface area contributed by atoms with Crippen LogP contribution < -0.4 is 0 Å². The molecule has 0 N–H and O–H groups in total. The quantitative estimate of drug-likeness (QED) is 0.0448. The number of carbonyl (C=O) groups is 3. The third kappa shape index (κ3) is 42.3. The summed E-state index contributed by atoms with van der Waals surface area (Å²) in [6, 6.07) is 0. The van der Waals surface area contributed by atoms with Crippen LogP contribution in [0.3, 0.4) is 0 Å². The van der Waals surface area contributed by atoms with E-state index in [-0.39, 0.29) is 17.8 Å². The van der Waals surface area contributed by atoms with Gasteiger partial charge >= 0.3 is 11.9 Å². The highest BCUT2D eigenvalue weighted by atomic mass is 16.5. The van der Waals surface area contributed by atoms with Crippen molar-refractivity contribution in [2.24, 2.45) is 11.8 Å². The smallest absolute Gasteiger partial charge is 0.305 e. The van der Waals surface area contributed by atoms with Crippen LogP contribution in [0.25, 0.3) is 0 Å². The van der Waals surface area contributed by atoms with Gasteiger partial charge in [0, 0.05) is 33.4 Å². The lowest BCUT2D eigenvalue weighted by Gasteiger charge is -2.23. The Bertz CT molecular complexity index is 913. The highest BCUT2D eigenvalue weighted by molar-refractivity contribution is 5.72. The zero-order chi connectivity index (χ0) is 45.6. The number of carbonyl (C=O) groups excluding carboxylic acids is 3. The second-order valence-corrected chi connectivity index (χ2v) is 19.4. The van der Waals surface area contributed by atoms with Crippen molar-refractivity contribution in [3.8, 4) is 0 Å². The molecule has 62 heavy (non-hydrogen) atoms. The first-order chi connectivity index (χ1) is 30.3. The monoisotopic (exact) mass is 877 g/mol. The molecular weight excluding hydrogens is 769 g/mol. The van der Waals surface area contributed by atoms with Gasteiger partial charge in [0.1, 0.15) is 0 Å². The summed E-state index contributed by atoms with van der Waals surface area (Å²) in [5.74, 6) is 1.21. The van der Waals surface area contributed by atoms with E-state index < -0.39 is 0 Å². The Morgan fingerprint density at radius 3 is 1.00 bits per heavy atom. The fourth-order valence-corrected chi connectivity index (χ4v) is 8.78. The summed E-state index contributed by atoms with van der Waals surface area (Å²) in [7, 11) is 1.90. The molecule has 0 bridgehead atoms. The molecule has 7 nitrogen and oxygen atoms in total. The molecule has 0 spiro atoms. The van der Waals surface area contributed by atoms with Gasteiger partial charge in [0.25, 0.3) is 0 Å². The van der Waals surface area contributed by atoms with E-state index in [0.29, 0.717) is 37.9 Å². The van der Waals surface area contributed by atoms with E-state index in [2.05, 4.69) is 32.6 Å². The number of hydrogen-bond donors (Lipinski definition) is 0. The first kappa shape index (κ1) is 60.4. The number of hydrogen-bond acceptors (Lipinski definition) is 6. The maximum atomic E-state index is 12.6. The lowest BCUT2D eigenvalue weighted by atomic mass is 9.95. The van der Waals surface area contributed by atoms with Gasteiger partial charge in [0.05, 0.1) is 13.2 Å². The van der Waals surface area contributed by atoms with E-state index in [4.69, 9.17) is 9.47 Å². The van der Waals surface area contributed by atoms with Gasteiger partial charge in [-0.3, -0.25) is 14.4 Å². The Morgan fingerprint density at radius 2 is 0.645 bits per heavy atom. The first-order valence-corrected chi connectivity index (χ1v) is 27.5. The van der Waals surface area contributed by atoms with Gasteiger partial charge in [0.15, 0.2) is 0 Å². The minimum absolute atomic E-state index is 0.00347. The SMILES string of the molecule is CCCCCCCCC(CCCCCC)COC(=O)CCCCCCCN(CCCCCCCC(=O)OCC(CCCCCC)CCCCCCCC)CCCCN(C)C(C)=O. The summed E-state index contributed by atoms with van der Waals surface area (Å²) in [5.41, 5.74) is 0.